The van der Waals surface area contributed by atoms with Crippen LogP contribution in [0.15, 0.2) is 18.2 Å². The molecule has 6 nitrogen and oxygen atoms in total. The van der Waals surface area contributed by atoms with Gasteiger partial charge in [-0.05, 0) is 44.5 Å². The summed E-state index contributed by atoms with van der Waals surface area (Å²) in [4.78, 5) is 24.1. The summed E-state index contributed by atoms with van der Waals surface area (Å²) >= 11 is 0. The van der Waals surface area contributed by atoms with Crippen LogP contribution in [0.25, 0.3) is 0 Å². The molecular weight excluding hydrogens is 318 g/mol. The summed E-state index contributed by atoms with van der Waals surface area (Å²) in [6.45, 7) is 7.50. The molecule has 1 fully saturated rings. The molecule has 0 aliphatic carbocycles. The van der Waals surface area contributed by atoms with Crippen LogP contribution in [0.4, 0.5) is 5.69 Å². The highest BCUT2D eigenvalue weighted by atomic mass is 35.5. The lowest BCUT2D eigenvalue weighted by atomic mass is 10.1. The van der Waals surface area contributed by atoms with Gasteiger partial charge >= 0.3 is 0 Å². The standard InChI is InChI=1S/C16H23N3O3.ClH/c1-10(2)18-15(20)12-4-5-13(11(3)8-12)19-16(21)14-9-17-6-7-22-14;/h4-5,8,10,14,17H,6-7,9H2,1-3H3,(H,18,20)(H,19,21);1H. The Morgan fingerprint density at radius 1 is 1.35 bits per heavy atom. The maximum atomic E-state index is 12.1. The van der Waals surface area contributed by atoms with Crippen LogP contribution in [0.3, 0.4) is 0 Å². The largest absolute Gasteiger partial charge is 0.366 e. The van der Waals surface area contributed by atoms with E-state index in [1.54, 1.807) is 18.2 Å². The zero-order chi connectivity index (χ0) is 16.1. The minimum absolute atomic E-state index is 0. The minimum atomic E-state index is -0.475. The summed E-state index contributed by atoms with van der Waals surface area (Å²) in [5.41, 5.74) is 2.12. The van der Waals surface area contributed by atoms with Crippen LogP contribution in [-0.2, 0) is 9.53 Å². The Bertz CT molecular complexity index is 558. The van der Waals surface area contributed by atoms with Crippen LogP contribution in [0.2, 0.25) is 0 Å². The fraction of sp³-hybridized carbons (Fsp3) is 0.500. The Hall–Kier alpha value is -1.63. The minimum Gasteiger partial charge on any atom is -0.366 e. The van der Waals surface area contributed by atoms with E-state index >= 15 is 0 Å². The van der Waals surface area contributed by atoms with Crippen molar-refractivity contribution in [3.8, 4) is 0 Å². The van der Waals surface area contributed by atoms with Crippen LogP contribution in [0.1, 0.15) is 29.8 Å². The van der Waals surface area contributed by atoms with Crippen LogP contribution in [0, 0.1) is 6.92 Å². The number of amides is 2. The van der Waals surface area contributed by atoms with Crippen molar-refractivity contribution < 1.29 is 14.3 Å². The highest BCUT2D eigenvalue weighted by Gasteiger charge is 2.22. The predicted octanol–water partition coefficient (Wildman–Crippen LogP) is 1.48. The molecule has 1 unspecified atom stereocenters. The first-order valence-corrected chi connectivity index (χ1v) is 7.52. The van der Waals surface area contributed by atoms with Crippen LogP contribution in [-0.4, -0.2) is 43.7 Å². The molecule has 1 aliphatic rings. The monoisotopic (exact) mass is 341 g/mol. The fourth-order valence-electron chi connectivity index (χ4n) is 2.24. The second-order valence-electron chi connectivity index (χ2n) is 5.71. The summed E-state index contributed by atoms with van der Waals surface area (Å²) in [6.07, 6.45) is -0.475. The molecule has 1 aromatic rings. The fourth-order valence-corrected chi connectivity index (χ4v) is 2.24. The van der Waals surface area contributed by atoms with Crippen molar-refractivity contribution in [1.82, 2.24) is 10.6 Å². The molecule has 1 heterocycles. The highest BCUT2D eigenvalue weighted by Crippen LogP contribution is 2.17. The van der Waals surface area contributed by atoms with Gasteiger partial charge in [0.05, 0.1) is 6.61 Å². The molecule has 2 rings (SSSR count). The molecular formula is C16H24ClN3O3. The van der Waals surface area contributed by atoms with E-state index in [9.17, 15) is 9.59 Å². The maximum absolute atomic E-state index is 12.1. The van der Waals surface area contributed by atoms with E-state index in [4.69, 9.17) is 4.74 Å². The van der Waals surface area contributed by atoms with E-state index in [1.807, 2.05) is 20.8 Å². The number of hydrogen-bond acceptors (Lipinski definition) is 4. The van der Waals surface area contributed by atoms with Gasteiger partial charge in [0.15, 0.2) is 0 Å². The first kappa shape index (κ1) is 19.4. The Kier molecular flexibility index (Phi) is 7.48. The molecule has 0 saturated carbocycles. The summed E-state index contributed by atoms with van der Waals surface area (Å²) in [7, 11) is 0. The number of carbonyl (C=O) groups excluding carboxylic acids is 2. The molecule has 3 N–H and O–H groups in total. The van der Waals surface area contributed by atoms with Gasteiger partial charge in [-0.3, -0.25) is 9.59 Å². The van der Waals surface area contributed by atoms with Crippen molar-refractivity contribution >= 4 is 29.9 Å². The number of hydrogen-bond donors (Lipinski definition) is 3. The third-order valence-corrected chi connectivity index (χ3v) is 3.39. The van der Waals surface area contributed by atoms with E-state index < -0.39 is 6.10 Å². The molecule has 23 heavy (non-hydrogen) atoms. The van der Waals surface area contributed by atoms with Gasteiger partial charge in [-0.15, -0.1) is 12.4 Å². The number of morpholine rings is 1. The number of aryl methyl sites for hydroxylation is 1. The lowest BCUT2D eigenvalue weighted by Gasteiger charge is -2.23. The average Bonchev–Trinajstić information content (AvgIpc) is 2.49. The van der Waals surface area contributed by atoms with Gasteiger partial charge < -0.3 is 20.7 Å². The van der Waals surface area contributed by atoms with Crippen molar-refractivity contribution in [2.45, 2.75) is 32.9 Å². The quantitative estimate of drug-likeness (QED) is 0.775. The van der Waals surface area contributed by atoms with Gasteiger partial charge in [0.2, 0.25) is 0 Å². The smallest absolute Gasteiger partial charge is 0.254 e. The van der Waals surface area contributed by atoms with Crippen LogP contribution >= 0.6 is 12.4 Å². The molecule has 128 valence electrons. The van der Waals surface area contributed by atoms with Crippen molar-refractivity contribution in [2.24, 2.45) is 0 Å². The number of nitrogens with one attached hydrogen (secondary N) is 3. The zero-order valence-corrected chi connectivity index (χ0v) is 14.5. The van der Waals surface area contributed by atoms with E-state index in [1.165, 1.54) is 0 Å². The van der Waals surface area contributed by atoms with Crippen molar-refractivity contribution in [1.29, 1.82) is 0 Å². The molecule has 0 bridgehead atoms. The van der Waals surface area contributed by atoms with E-state index in [2.05, 4.69) is 16.0 Å². The number of ether oxygens (including phenoxy) is 1. The number of rotatable bonds is 4. The third kappa shape index (κ3) is 5.49. The molecule has 2 amide bonds. The Balaban J connectivity index is 0.00000264. The Morgan fingerprint density at radius 2 is 2.09 bits per heavy atom. The normalized spacial score (nSPS) is 17.3. The van der Waals surface area contributed by atoms with E-state index in [0.717, 1.165) is 12.1 Å². The van der Waals surface area contributed by atoms with Crippen molar-refractivity contribution in [2.75, 3.05) is 25.0 Å². The number of carbonyl (C=O) groups is 2. The summed E-state index contributed by atoms with van der Waals surface area (Å²) in [5.74, 6) is -0.287. The first-order chi connectivity index (χ1) is 10.5. The van der Waals surface area contributed by atoms with Gasteiger partial charge in [0, 0.05) is 30.4 Å². The lowest BCUT2D eigenvalue weighted by molar-refractivity contribution is -0.128. The van der Waals surface area contributed by atoms with Crippen LogP contribution in [0.5, 0.6) is 0 Å². The zero-order valence-electron chi connectivity index (χ0n) is 13.6. The van der Waals surface area contributed by atoms with Crippen molar-refractivity contribution in [3.63, 3.8) is 0 Å². The van der Waals surface area contributed by atoms with Gasteiger partial charge in [-0.25, -0.2) is 0 Å². The van der Waals surface area contributed by atoms with Crippen molar-refractivity contribution in [3.05, 3.63) is 29.3 Å². The molecule has 1 aromatic carbocycles. The predicted molar refractivity (Wildman–Crippen MR) is 92.3 cm³/mol. The van der Waals surface area contributed by atoms with E-state index in [0.29, 0.717) is 24.4 Å². The van der Waals surface area contributed by atoms with E-state index in [-0.39, 0.29) is 30.3 Å². The number of anilines is 1. The first-order valence-electron chi connectivity index (χ1n) is 7.52. The molecule has 0 spiro atoms. The molecule has 1 aliphatic heterocycles. The third-order valence-electron chi connectivity index (χ3n) is 3.39. The Labute approximate surface area is 142 Å². The molecule has 1 atom stereocenters. The molecule has 0 aromatic heterocycles. The SMILES string of the molecule is Cc1cc(C(=O)NC(C)C)ccc1NC(=O)C1CNCCO1.Cl. The van der Waals surface area contributed by atoms with Gasteiger partial charge in [0.25, 0.3) is 11.8 Å². The summed E-state index contributed by atoms with van der Waals surface area (Å²) < 4.78 is 5.42. The van der Waals surface area contributed by atoms with Gasteiger partial charge in [-0.1, -0.05) is 0 Å². The lowest BCUT2D eigenvalue weighted by Crippen LogP contribution is -2.45. The Morgan fingerprint density at radius 3 is 2.65 bits per heavy atom. The number of halogens is 1. The average molecular weight is 342 g/mol. The van der Waals surface area contributed by atoms with Gasteiger partial charge in [0.1, 0.15) is 6.10 Å². The number of benzene rings is 1. The maximum Gasteiger partial charge on any atom is 0.254 e. The highest BCUT2D eigenvalue weighted by molar-refractivity contribution is 5.97. The topological polar surface area (TPSA) is 79.5 Å². The van der Waals surface area contributed by atoms with Crippen LogP contribution < -0.4 is 16.0 Å². The summed E-state index contributed by atoms with van der Waals surface area (Å²) in [6, 6.07) is 5.31. The molecule has 0 radical (unpaired) electrons. The summed E-state index contributed by atoms with van der Waals surface area (Å²) in [5, 5.41) is 8.81. The second-order valence-corrected chi connectivity index (χ2v) is 5.71. The molecule has 1 saturated heterocycles. The van der Waals surface area contributed by atoms with Gasteiger partial charge in [-0.2, -0.15) is 0 Å². The second kappa shape index (κ2) is 8.86. The molecule has 7 heteroatoms.